The van der Waals surface area contributed by atoms with E-state index in [4.69, 9.17) is 9.47 Å². The molecule has 0 heterocycles. The summed E-state index contributed by atoms with van der Waals surface area (Å²) in [4.78, 5) is 12.3. The summed E-state index contributed by atoms with van der Waals surface area (Å²) < 4.78 is 10.6. The molecule has 0 N–H and O–H groups in total. The maximum absolute atomic E-state index is 12.3. The Morgan fingerprint density at radius 3 is 2.83 bits per heavy atom. The normalized spacial score (nSPS) is 16.4. The molecule has 1 aromatic carbocycles. The predicted molar refractivity (Wildman–Crippen MR) is 93.3 cm³/mol. The first kappa shape index (κ1) is 17.5. The number of benzene rings is 1. The number of rotatable bonds is 9. The minimum atomic E-state index is -0.263. The van der Waals surface area contributed by atoms with Crippen molar-refractivity contribution >= 4 is 12.0 Å². The summed E-state index contributed by atoms with van der Waals surface area (Å²) in [7, 11) is 1.60. The van der Waals surface area contributed by atoms with Crippen molar-refractivity contribution in [2.45, 2.75) is 38.5 Å². The fourth-order valence-electron chi connectivity index (χ4n) is 2.76. The van der Waals surface area contributed by atoms with Crippen molar-refractivity contribution < 1.29 is 14.3 Å². The second kappa shape index (κ2) is 9.31. The van der Waals surface area contributed by atoms with Crippen LogP contribution in [0.5, 0.6) is 0 Å². The summed E-state index contributed by atoms with van der Waals surface area (Å²) in [6.45, 7) is 2.93. The lowest BCUT2D eigenvalue weighted by atomic mass is 9.98. The van der Waals surface area contributed by atoms with Gasteiger partial charge in [0, 0.05) is 13.0 Å². The largest absolute Gasteiger partial charge is 0.462 e. The molecule has 0 saturated carbocycles. The number of carbonyl (C=O) groups excluding carboxylic acids is 1. The molecule has 124 valence electrons. The molecule has 0 bridgehead atoms. The van der Waals surface area contributed by atoms with Crippen molar-refractivity contribution in [2.24, 2.45) is 0 Å². The first-order valence-corrected chi connectivity index (χ1v) is 8.40. The van der Waals surface area contributed by atoms with Crippen LogP contribution >= 0.6 is 0 Å². The van der Waals surface area contributed by atoms with Crippen LogP contribution in [0.1, 0.15) is 49.7 Å². The van der Waals surface area contributed by atoms with E-state index in [-0.39, 0.29) is 18.5 Å². The van der Waals surface area contributed by atoms with Gasteiger partial charge >= 0.3 is 5.97 Å². The van der Waals surface area contributed by atoms with Gasteiger partial charge in [-0.25, -0.2) is 4.79 Å². The van der Waals surface area contributed by atoms with Gasteiger partial charge in [0.25, 0.3) is 0 Å². The van der Waals surface area contributed by atoms with Gasteiger partial charge < -0.3 is 9.47 Å². The molecule has 0 saturated heterocycles. The van der Waals surface area contributed by atoms with Crippen molar-refractivity contribution in [3.8, 4) is 0 Å². The summed E-state index contributed by atoms with van der Waals surface area (Å²) in [5.41, 5.74) is 3.02. The second-order valence-electron chi connectivity index (χ2n) is 5.84. The van der Waals surface area contributed by atoms with Gasteiger partial charge in [-0.2, -0.15) is 0 Å². The first-order chi connectivity index (χ1) is 11.3. The van der Waals surface area contributed by atoms with Crippen molar-refractivity contribution in [1.82, 2.24) is 0 Å². The smallest absolute Gasteiger partial charge is 0.336 e. The number of hydrogen-bond donors (Lipinski definition) is 0. The molecule has 0 aromatic heterocycles. The predicted octanol–water partition coefficient (Wildman–Crippen LogP) is 4.49. The van der Waals surface area contributed by atoms with Gasteiger partial charge in [-0.3, -0.25) is 0 Å². The molecule has 23 heavy (non-hydrogen) atoms. The SMILES string of the molecule is CCCCCCOC(=O)C(=CC1C=Cc2ccccc21)COC. The highest BCUT2D eigenvalue weighted by atomic mass is 16.5. The molecule has 1 unspecified atom stereocenters. The van der Waals surface area contributed by atoms with E-state index in [9.17, 15) is 4.79 Å². The van der Waals surface area contributed by atoms with Crippen LogP contribution in [0, 0.1) is 0 Å². The Morgan fingerprint density at radius 2 is 2.04 bits per heavy atom. The number of carbonyl (C=O) groups is 1. The van der Waals surface area contributed by atoms with E-state index in [1.54, 1.807) is 7.11 Å². The molecule has 2 rings (SSSR count). The quantitative estimate of drug-likeness (QED) is 0.382. The highest BCUT2D eigenvalue weighted by Crippen LogP contribution is 2.31. The van der Waals surface area contributed by atoms with Crippen LogP contribution in [0.3, 0.4) is 0 Å². The Balaban J connectivity index is 1.98. The summed E-state index contributed by atoms with van der Waals surface area (Å²) in [6.07, 6.45) is 10.5. The van der Waals surface area contributed by atoms with Gasteiger partial charge in [0.15, 0.2) is 0 Å². The molecule has 1 atom stereocenters. The highest BCUT2D eigenvalue weighted by Gasteiger charge is 2.18. The first-order valence-electron chi connectivity index (χ1n) is 8.40. The van der Waals surface area contributed by atoms with E-state index in [0.717, 1.165) is 12.8 Å². The molecule has 0 aliphatic heterocycles. The zero-order chi connectivity index (χ0) is 16.5. The average molecular weight is 314 g/mol. The van der Waals surface area contributed by atoms with Crippen LogP contribution in [0.15, 0.2) is 42.0 Å². The summed E-state index contributed by atoms with van der Waals surface area (Å²) in [5.74, 6) is -0.148. The van der Waals surface area contributed by atoms with Crippen molar-refractivity contribution in [2.75, 3.05) is 20.3 Å². The van der Waals surface area contributed by atoms with E-state index < -0.39 is 0 Å². The van der Waals surface area contributed by atoms with E-state index in [0.29, 0.717) is 12.2 Å². The lowest BCUT2D eigenvalue weighted by Crippen LogP contribution is -2.14. The molecule has 1 aliphatic carbocycles. The lowest BCUT2D eigenvalue weighted by molar-refractivity contribution is -0.139. The third-order valence-corrected chi connectivity index (χ3v) is 4.01. The number of allylic oxidation sites excluding steroid dienone is 2. The van der Waals surface area contributed by atoms with E-state index in [2.05, 4.69) is 31.2 Å². The van der Waals surface area contributed by atoms with Gasteiger partial charge in [0.05, 0.1) is 18.8 Å². The number of ether oxygens (including phenoxy) is 2. The standard InChI is InChI=1S/C20H26O3/c1-3-4-5-8-13-23-20(21)18(15-22-2)14-17-12-11-16-9-6-7-10-19(16)17/h6-7,9-12,14,17H,3-5,8,13,15H2,1-2H3. The Bertz CT molecular complexity index is 572. The minimum Gasteiger partial charge on any atom is -0.462 e. The van der Waals surface area contributed by atoms with Crippen LogP contribution < -0.4 is 0 Å². The molecular weight excluding hydrogens is 288 g/mol. The van der Waals surface area contributed by atoms with Crippen LogP contribution in [-0.2, 0) is 14.3 Å². The van der Waals surface area contributed by atoms with Crippen molar-refractivity contribution in [1.29, 1.82) is 0 Å². The number of unbranched alkanes of at least 4 members (excludes halogenated alkanes) is 3. The molecule has 0 amide bonds. The van der Waals surface area contributed by atoms with Gasteiger partial charge in [-0.1, -0.05) is 68.7 Å². The molecular formula is C20H26O3. The fraction of sp³-hybridized carbons (Fsp3) is 0.450. The molecule has 0 spiro atoms. The van der Waals surface area contributed by atoms with Gasteiger partial charge in [-0.05, 0) is 17.5 Å². The number of hydrogen-bond acceptors (Lipinski definition) is 3. The van der Waals surface area contributed by atoms with Crippen LogP contribution in [-0.4, -0.2) is 26.3 Å². The second-order valence-corrected chi connectivity index (χ2v) is 5.84. The Kier molecular flexibility index (Phi) is 7.08. The van der Waals surface area contributed by atoms with Crippen LogP contribution in [0.2, 0.25) is 0 Å². The summed E-state index contributed by atoms with van der Waals surface area (Å²) >= 11 is 0. The number of esters is 1. The number of methoxy groups -OCH3 is 1. The molecule has 0 radical (unpaired) electrons. The summed E-state index contributed by atoms with van der Waals surface area (Å²) in [5, 5.41) is 0. The third kappa shape index (κ3) is 5.07. The van der Waals surface area contributed by atoms with E-state index in [1.807, 2.05) is 18.2 Å². The van der Waals surface area contributed by atoms with Gasteiger partial charge in [-0.15, -0.1) is 0 Å². The Morgan fingerprint density at radius 1 is 1.22 bits per heavy atom. The van der Waals surface area contributed by atoms with Crippen LogP contribution in [0.25, 0.3) is 6.08 Å². The summed E-state index contributed by atoms with van der Waals surface area (Å²) in [6, 6.07) is 8.23. The number of fused-ring (bicyclic) bond motifs is 1. The van der Waals surface area contributed by atoms with Gasteiger partial charge in [0.2, 0.25) is 0 Å². The lowest BCUT2D eigenvalue weighted by Gasteiger charge is -2.11. The Hall–Kier alpha value is -1.87. The van der Waals surface area contributed by atoms with E-state index in [1.165, 1.54) is 24.0 Å². The molecule has 0 fully saturated rings. The zero-order valence-electron chi connectivity index (χ0n) is 14.1. The zero-order valence-corrected chi connectivity index (χ0v) is 14.1. The van der Waals surface area contributed by atoms with E-state index >= 15 is 0 Å². The monoisotopic (exact) mass is 314 g/mol. The maximum Gasteiger partial charge on any atom is 0.336 e. The highest BCUT2D eigenvalue weighted by molar-refractivity contribution is 5.89. The average Bonchev–Trinajstić information content (AvgIpc) is 2.97. The van der Waals surface area contributed by atoms with Gasteiger partial charge in [0.1, 0.15) is 0 Å². The minimum absolute atomic E-state index is 0.115. The van der Waals surface area contributed by atoms with Crippen LogP contribution in [0.4, 0.5) is 0 Å². The maximum atomic E-state index is 12.3. The topological polar surface area (TPSA) is 35.5 Å². The Labute approximate surface area is 139 Å². The molecule has 1 aliphatic rings. The molecule has 3 nitrogen and oxygen atoms in total. The van der Waals surface area contributed by atoms with Crippen molar-refractivity contribution in [3.05, 3.63) is 53.1 Å². The van der Waals surface area contributed by atoms with Crippen molar-refractivity contribution in [3.63, 3.8) is 0 Å². The molecule has 3 heteroatoms. The third-order valence-electron chi connectivity index (χ3n) is 4.01. The molecule has 1 aromatic rings. The fourth-order valence-corrected chi connectivity index (χ4v) is 2.76.